The van der Waals surface area contributed by atoms with Gasteiger partial charge in [0.15, 0.2) is 0 Å². The van der Waals surface area contributed by atoms with Crippen LogP contribution in [-0.4, -0.2) is 36.8 Å². The second kappa shape index (κ2) is 5.47. The Balaban J connectivity index is 2.26. The van der Waals surface area contributed by atoms with Gasteiger partial charge in [-0.1, -0.05) is 19.8 Å². The van der Waals surface area contributed by atoms with Crippen LogP contribution < -0.4 is 10.6 Å². The van der Waals surface area contributed by atoms with Gasteiger partial charge in [0.1, 0.15) is 0 Å². The highest BCUT2D eigenvalue weighted by Gasteiger charge is 2.32. The SMILES string of the molecule is CNC(=O)CNCC1(O)CCCC(C)C1. The van der Waals surface area contributed by atoms with Gasteiger partial charge >= 0.3 is 0 Å². The minimum Gasteiger partial charge on any atom is -0.389 e. The van der Waals surface area contributed by atoms with Crippen molar-refractivity contribution in [2.75, 3.05) is 20.1 Å². The maximum atomic E-state index is 11.0. The van der Waals surface area contributed by atoms with Gasteiger partial charge in [-0.15, -0.1) is 0 Å². The van der Waals surface area contributed by atoms with Crippen LogP contribution in [0, 0.1) is 5.92 Å². The molecule has 0 bridgehead atoms. The zero-order valence-corrected chi connectivity index (χ0v) is 9.68. The third-order valence-electron chi connectivity index (χ3n) is 3.09. The summed E-state index contributed by atoms with van der Waals surface area (Å²) in [4.78, 5) is 11.0. The van der Waals surface area contributed by atoms with Crippen molar-refractivity contribution in [2.45, 2.75) is 38.2 Å². The average Bonchev–Trinajstić information content (AvgIpc) is 2.16. The van der Waals surface area contributed by atoms with Crippen LogP contribution in [0.5, 0.6) is 0 Å². The minimum atomic E-state index is -0.605. The molecule has 2 atom stereocenters. The predicted molar refractivity (Wildman–Crippen MR) is 59.5 cm³/mol. The third-order valence-corrected chi connectivity index (χ3v) is 3.09. The second-order valence-corrected chi connectivity index (χ2v) is 4.70. The van der Waals surface area contributed by atoms with Crippen LogP contribution in [-0.2, 0) is 4.79 Å². The summed E-state index contributed by atoms with van der Waals surface area (Å²) < 4.78 is 0. The lowest BCUT2D eigenvalue weighted by molar-refractivity contribution is -0.120. The van der Waals surface area contributed by atoms with Crippen LogP contribution in [0.3, 0.4) is 0 Å². The molecule has 0 aliphatic heterocycles. The largest absolute Gasteiger partial charge is 0.389 e. The first-order chi connectivity index (χ1) is 7.06. The third kappa shape index (κ3) is 4.18. The molecule has 0 radical (unpaired) electrons. The molecule has 0 saturated heterocycles. The number of hydrogen-bond acceptors (Lipinski definition) is 3. The summed E-state index contributed by atoms with van der Waals surface area (Å²) in [6, 6.07) is 0. The monoisotopic (exact) mass is 214 g/mol. The Morgan fingerprint density at radius 2 is 2.33 bits per heavy atom. The van der Waals surface area contributed by atoms with E-state index in [9.17, 15) is 9.90 Å². The summed E-state index contributed by atoms with van der Waals surface area (Å²) in [5.74, 6) is 0.549. The maximum absolute atomic E-state index is 11.0. The minimum absolute atomic E-state index is 0.0394. The van der Waals surface area contributed by atoms with Crippen molar-refractivity contribution in [1.82, 2.24) is 10.6 Å². The Bertz CT molecular complexity index is 221. The molecule has 1 aliphatic carbocycles. The van der Waals surface area contributed by atoms with Crippen LogP contribution in [0.2, 0.25) is 0 Å². The Morgan fingerprint density at radius 3 is 2.93 bits per heavy atom. The zero-order valence-electron chi connectivity index (χ0n) is 9.68. The first kappa shape index (κ1) is 12.5. The van der Waals surface area contributed by atoms with Gasteiger partial charge in [0.05, 0.1) is 12.1 Å². The van der Waals surface area contributed by atoms with Crippen molar-refractivity contribution >= 4 is 5.91 Å². The van der Waals surface area contributed by atoms with Gasteiger partial charge in [-0.3, -0.25) is 4.79 Å². The molecule has 3 N–H and O–H groups in total. The van der Waals surface area contributed by atoms with Crippen molar-refractivity contribution in [3.05, 3.63) is 0 Å². The number of likely N-dealkylation sites (N-methyl/N-ethyl adjacent to an activating group) is 1. The van der Waals surface area contributed by atoms with Crippen molar-refractivity contribution in [3.63, 3.8) is 0 Å². The summed E-state index contributed by atoms with van der Waals surface area (Å²) in [6.45, 7) is 2.97. The summed E-state index contributed by atoms with van der Waals surface area (Å²) in [5, 5.41) is 15.8. The Morgan fingerprint density at radius 1 is 1.60 bits per heavy atom. The van der Waals surface area contributed by atoms with E-state index in [2.05, 4.69) is 17.6 Å². The van der Waals surface area contributed by atoms with Crippen molar-refractivity contribution in [3.8, 4) is 0 Å². The Hall–Kier alpha value is -0.610. The summed E-state index contributed by atoms with van der Waals surface area (Å²) in [7, 11) is 1.61. The van der Waals surface area contributed by atoms with Crippen LogP contribution >= 0.6 is 0 Å². The van der Waals surface area contributed by atoms with Crippen LogP contribution in [0.15, 0.2) is 0 Å². The number of carbonyl (C=O) groups is 1. The molecule has 2 unspecified atom stereocenters. The van der Waals surface area contributed by atoms with Crippen LogP contribution in [0.4, 0.5) is 0 Å². The second-order valence-electron chi connectivity index (χ2n) is 4.70. The lowest BCUT2D eigenvalue weighted by Gasteiger charge is -2.35. The van der Waals surface area contributed by atoms with E-state index in [-0.39, 0.29) is 12.5 Å². The highest BCUT2D eigenvalue weighted by molar-refractivity contribution is 5.77. The molecule has 4 heteroatoms. The lowest BCUT2D eigenvalue weighted by atomic mass is 9.79. The molecule has 1 fully saturated rings. The van der Waals surface area contributed by atoms with Gasteiger partial charge in [0, 0.05) is 13.6 Å². The normalized spacial score (nSPS) is 31.3. The highest BCUT2D eigenvalue weighted by Crippen LogP contribution is 2.31. The maximum Gasteiger partial charge on any atom is 0.233 e. The van der Waals surface area contributed by atoms with E-state index in [1.165, 1.54) is 6.42 Å². The first-order valence-electron chi connectivity index (χ1n) is 5.69. The van der Waals surface area contributed by atoms with Crippen LogP contribution in [0.25, 0.3) is 0 Å². The molecule has 1 rings (SSSR count). The molecule has 1 aliphatic rings. The molecule has 4 nitrogen and oxygen atoms in total. The van der Waals surface area contributed by atoms with E-state index in [0.717, 1.165) is 19.3 Å². The van der Waals surface area contributed by atoms with E-state index in [1.807, 2.05) is 0 Å². The fraction of sp³-hybridized carbons (Fsp3) is 0.909. The van der Waals surface area contributed by atoms with Crippen molar-refractivity contribution < 1.29 is 9.90 Å². The molecule has 0 spiro atoms. The molecule has 1 saturated carbocycles. The van der Waals surface area contributed by atoms with Gasteiger partial charge in [0.2, 0.25) is 5.91 Å². The number of aliphatic hydroxyl groups is 1. The van der Waals surface area contributed by atoms with Crippen molar-refractivity contribution in [2.24, 2.45) is 5.92 Å². The number of hydrogen-bond donors (Lipinski definition) is 3. The van der Waals surface area contributed by atoms with E-state index in [0.29, 0.717) is 12.5 Å². The molecule has 0 aromatic rings. The summed E-state index contributed by atoms with van der Waals surface area (Å²) in [5.41, 5.74) is -0.605. The van der Waals surface area contributed by atoms with E-state index in [1.54, 1.807) is 7.05 Å². The number of amides is 1. The fourth-order valence-electron chi connectivity index (χ4n) is 2.29. The summed E-state index contributed by atoms with van der Waals surface area (Å²) in [6.07, 6.45) is 3.98. The van der Waals surface area contributed by atoms with Gasteiger partial charge in [-0.25, -0.2) is 0 Å². The number of carbonyl (C=O) groups excluding carboxylic acids is 1. The quantitative estimate of drug-likeness (QED) is 0.629. The van der Waals surface area contributed by atoms with Gasteiger partial charge < -0.3 is 15.7 Å². The first-order valence-corrected chi connectivity index (χ1v) is 5.69. The average molecular weight is 214 g/mol. The highest BCUT2D eigenvalue weighted by atomic mass is 16.3. The fourth-order valence-corrected chi connectivity index (χ4v) is 2.29. The number of rotatable bonds is 4. The molecular weight excluding hydrogens is 192 g/mol. The van der Waals surface area contributed by atoms with Crippen LogP contribution in [0.1, 0.15) is 32.6 Å². The van der Waals surface area contributed by atoms with Gasteiger partial charge in [-0.2, -0.15) is 0 Å². The predicted octanol–water partition coefficient (Wildman–Crippen LogP) is 0.263. The van der Waals surface area contributed by atoms with Crippen molar-refractivity contribution in [1.29, 1.82) is 0 Å². The summed E-state index contributed by atoms with van der Waals surface area (Å²) >= 11 is 0. The standard InChI is InChI=1S/C11H22N2O2/c1-9-4-3-5-11(15,6-9)8-13-7-10(14)12-2/h9,13,15H,3-8H2,1-2H3,(H,12,14). The Labute approximate surface area is 91.4 Å². The number of nitrogens with one attached hydrogen (secondary N) is 2. The molecule has 0 heterocycles. The van der Waals surface area contributed by atoms with E-state index < -0.39 is 5.60 Å². The molecule has 0 aromatic heterocycles. The van der Waals surface area contributed by atoms with Gasteiger partial charge in [0.25, 0.3) is 0 Å². The molecule has 15 heavy (non-hydrogen) atoms. The molecule has 1 amide bonds. The Kier molecular flexibility index (Phi) is 4.54. The topological polar surface area (TPSA) is 61.4 Å². The molecular formula is C11H22N2O2. The van der Waals surface area contributed by atoms with Gasteiger partial charge in [-0.05, 0) is 18.8 Å². The molecule has 0 aromatic carbocycles. The van der Waals surface area contributed by atoms with E-state index in [4.69, 9.17) is 0 Å². The smallest absolute Gasteiger partial charge is 0.233 e. The lowest BCUT2D eigenvalue weighted by Crippen LogP contribution is -2.46. The van der Waals surface area contributed by atoms with E-state index >= 15 is 0 Å². The molecule has 88 valence electrons. The zero-order chi connectivity index (χ0) is 11.3.